The number of nitrogens with zero attached hydrogens (tertiary/aromatic N) is 2. The van der Waals surface area contributed by atoms with Crippen LogP contribution in [0.4, 0.5) is 5.69 Å². The van der Waals surface area contributed by atoms with Crippen LogP contribution >= 0.6 is 23.1 Å². The fourth-order valence-electron chi connectivity index (χ4n) is 4.30. The normalized spacial score (nSPS) is 15.1. The number of thioether (sulfide) groups is 1. The van der Waals surface area contributed by atoms with Gasteiger partial charge in [-0.1, -0.05) is 53.4 Å². The van der Waals surface area contributed by atoms with E-state index in [2.05, 4.69) is 104 Å². The highest BCUT2D eigenvalue weighted by Crippen LogP contribution is 2.46. The van der Waals surface area contributed by atoms with E-state index in [1.807, 2.05) is 23.1 Å². The molecule has 5 rings (SSSR count). The van der Waals surface area contributed by atoms with E-state index in [1.165, 1.54) is 52.7 Å². The molecule has 3 aromatic carbocycles. The maximum absolute atomic E-state index is 2.42. The summed E-state index contributed by atoms with van der Waals surface area (Å²) in [5, 5.41) is 5.24. The van der Waals surface area contributed by atoms with Crippen molar-refractivity contribution in [3.8, 4) is 0 Å². The topological polar surface area (TPSA) is 7.12 Å². The molecule has 0 aliphatic carbocycles. The number of aromatic nitrogens is 1. The second-order valence-corrected chi connectivity index (χ2v) is 10.0. The molecule has 0 unspecified atom stereocenters. The van der Waals surface area contributed by atoms with Crippen molar-refractivity contribution in [1.82, 2.24) is 0 Å². The predicted molar refractivity (Wildman–Crippen MR) is 137 cm³/mol. The van der Waals surface area contributed by atoms with Crippen LogP contribution in [0.1, 0.15) is 30.0 Å². The van der Waals surface area contributed by atoms with Gasteiger partial charge in [0.2, 0.25) is 5.52 Å². The van der Waals surface area contributed by atoms with Gasteiger partial charge in [-0.2, -0.15) is 4.57 Å². The first-order valence-corrected chi connectivity index (χ1v) is 12.5. The van der Waals surface area contributed by atoms with Crippen molar-refractivity contribution in [1.29, 1.82) is 0 Å². The second kappa shape index (κ2) is 8.18. The Kier molecular flexibility index (Phi) is 5.37. The van der Waals surface area contributed by atoms with Crippen molar-refractivity contribution in [3.63, 3.8) is 0 Å². The van der Waals surface area contributed by atoms with Crippen LogP contribution in [0.2, 0.25) is 0 Å². The molecule has 0 N–H and O–H groups in total. The highest BCUT2D eigenvalue weighted by molar-refractivity contribution is 8.03. The third kappa shape index (κ3) is 3.48. The molecule has 0 fully saturated rings. The Morgan fingerprint density at radius 2 is 1.81 bits per heavy atom. The minimum Gasteiger partial charge on any atom is -0.335 e. The molecule has 0 saturated carbocycles. The number of benzene rings is 3. The summed E-state index contributed by atoms with van der Waals surface area (Å²) >= 11 is 3.76. The first-order chi connectivity index (χ1) is 15.1. The minimum atomic E-state index is 0.967. The van der Waals surface area contributed by atoms with Gasteiger partial charge in [0.15, 0.2) is 0 Å². The summed E-state index contributed by atoms with van der Waals surface area (Å²) in [5.41, 5.74) is 5.38. The summed E-state index contributed by atoms with van der Waals surface area (Å²) in [6, 6.07) is 17.8. The van der Waals surface area contributed by atoms with Gasteiger partial charge in [-0.25, -0.2) is 0 Å². The lowest BCUT2D eigenvalue weighted by molar-refractivity contribution is -0.665. The van der Waals surface area contributed by atoms with Crippen molar-refractivity contribution < 1.29 is 4.57 Å². The molecule has 31 heavy (non-hydrogen) atoms. The molecule has 2 nitrogen and oxygen atoms in total. The maximum Gasteiger partial charge on any atom is 0.262 e. The molecule has 4 aromatic rings. The van der Waals surface area contributed by atoms with Gasteiger partial charge in [0.1, 0.15) is 11.2 Å². The Balaban J connectivity index is 1.52. The third-order valence-electron chi connectivity index (χ3n) is 6.08. The Morgan fingerprint density at radius 3 is 2.61 bits per heavy atom. The molecule has 0 bridgehead atoms. The molecular weight excluding hydrogens is 416 g/mol. The number of anilines is 1. The van der Waals surface area contributed by atoms with Crippen molar-refractivity contribution in [2.24, 2.45) is 0 Å². The molecule has 1 aliphatic rings. The van der Waals surface area contributed by atoms with Gasteiger partial charge in [0, 0.05) is 29.0 Å². The van der Waals surface area contributed by atoms with Crippen LogP contribution in [-0.4, -0.2) is 6.54 Å². The number of hydrogen-bond acceptors (Lipinski definition) is 3. The molecular formula is C27H27N2S2+. The fourth-order valence-corrected chi connectivity index (χ4v) is 6.79. The van der Waals surface area contributed by atoms with Crippen LogP contribution in [0.3, 0.4) is 0 Å². The molecule has 0 radical (unpaired) electrons. The van der Waals surface area contributed by atoms with E-state index < -0.39 is 0 Å². The van der Waals surface area contributed by atoms with Crippen molar-refractivity contribution >= 4 is 55.9 Å². The fraction of sp³-hybridized carbons (Fsp3) is 0.222. The van der Waals surface area contributed by atoms with E-state index >= 15 is 0 Å². The Labute approximate surface area is 192 Å². The van der Waals surface area contributed by atoms with Crippen molar-refractivity contribution in [3.05, 3.63) is 81.8 Å². The average molecular weight is 444 g/mol. The summed E-state index contributed by atoms with van der Waals surface area (Å²) in [5.74, 6) is 0. The van der Waals surface area contributed by atoms with Crippen LogP contribution in [0.15, 0.2) is 70.6 Å². The first kappa shape index (κ1) is 20.3. The molecule has 156 valence electrons. The third-order valence-corrected chi connectivity index (χ3v) is 8.39. The van der Waals surface area contributed by atoms with Gasteiger partial charge in [-0.3, -0.25) is 0 Å². The second-order valence-electron chi connectivity index (χ2n) is 7.93. The molecule has 4 heteroatoms. The zero-order valence-corrected chi connectivity index (χ0v) is 20.1. The van der Waals surface area contributed by atoms with Gasteiger partial charge < -0.3 is 4.90 Å². The molecule has 0 atom stereocenters. The first-order valence-electron chi connectivity index (χ1n) is 10.9. The quantitative estimate of drug-likeness (QED) is 0.302. The molecule has 1 aliphatic heterocycles. The average Bonchev–Trinajstić information content (AvgIpc) is 3.31. The van der Waals surface area contributed by atoms with Gasteiger partial charge in [0.25, 0.3) is 5.01 Å². The maximum atomic E-state index is 2.42. The molecule has 0 spiro atoms. The van der Waals surface area contributed by atoms with Crippen LogP contribution in [0, 0.1) is 13.8 Å². The van der Waals surface area contributed by atoms with Crippen LogP contribution in [-0.2, 0) is 6.54 Å². The molecule has 0 amide bonds. The number of thiazole rings is 1. The van der Waals surface area contributed by atoms with Crippen molar-refractivity contribution in [2.45, 2.75) is 39.1 Å². The van der Waals surface area contributed by atoms with Gasteiger partial charge >= 0.3 is 0 Å². The molecule has 2 heterocycles. The smallest absolute Gasteiger partial charge is 0.262 e. The van der Waals surface area contributed by atoms with E-state index in [4.69, 9.17) is 0 Å². The lowest BCUT2D eigenvalue weighted by Crippen LogP contribution is -2.33. The van der Waals surface area contributed by atoms with Gasteiger partial charge in [-0.15, -0.1) is 0 Å². The summed E-state index contributed by atoms with van der Waals surface area (Å²) in [6.07, 6.45) is 6.75. The van der Waals surface area contributed by atoms with E-state index in [0.717, 1.165) is 13.1 Å². The summed E-state index contributed by atoms with van der Waals surface area (Å²) in [4.78, 5) is 3.78. The summed E-state index contributed by atoms with van der Waals surface area (Å²) in [7, 11) is 0. The highest BCUT2D eigenvalue weighted by atomic mass is 32.2. The van der Waals surface area contributed by atoms with Gasteiger partial charge in [0.05, 0.1) is 10.7 Å². The zero-order valence-electron chi connectivity index (χ0n) is 18.5. The van der Waals surface area contributed by atoms with Crippen LogP contribution in [0.25, 0.3) is 27.1 Å². The van der Waals surface area contributed by atoms with E-state index in [-0.39, 0.29) is 0 Å². The standard InChI is InChI=1S/C27H27N2S2/c1-5-28-22-15-14-20-10-7-8-11-21(20)27(22)31-26(28)13-9-12-25-29(6-2)23-16-18(3)19(4)17-24(23)30-25/h7-17H,5-6H2,1-4H3/q+1. The van der Waals surface area contributed by atoms with E-state index in [9.17, 15) is 0 Å². The Morgan fingerprint density at radius 1 is 1.00 bits per heavy atom. The summed E-state index contributed by atoms with van der Waals surface area (Å²) in [6.45, 7) is 10.8. The Hall–Kier alpha value is -2.56. The molecule has 0 saturated heterocycles. The van der Waals surface area contributed by atoms with E-state index in [1.54, 1.807) is 0 Å². The summed E-state index contributed by atoms with van der Waals surface area (Å²) < 4.78 is 3.79. The van der Waals surface area contributed by atoms with Crippen LogP contribution in [0.5, 0.6) is 0 Å². The lowest BCUT2D eigenvalue weighted by atomic mass is 10.1. The lowest BCUT2D eigenvalue weighted by Gasteiger charge is -2.18. The van der Waals surface area contributed by atoms with Crippen LogP contribution < -0.4 is 9.47 Å². The number of aryl methyl sites for hydroxylation is 3. The monoisotopic (exact) mass is 443 g/mol. The minimum absolute atomic E-state index is 0.967. The number of rotatable bonds is 4. The number of fused-ring (bicyclic) bond motifs is 4. The van der Waals surface area contributed by atoms with Gasteiger partial charge in [-0.05, 0) is 68.5 Å². The highest BCUT2D eigenvalue weighted by Gasteiger charge is 2.24. The zero-order chi connectivity index (χ0) is 21.5. The number of hydrogen-bond donors (Lipinski definition) is 0. The predicted octanol–water partition coefficient (Wildman–Crippen LogP) is 7.47. The van der Waals surface area contributed by atoms with E-state index in [0.29, 0.717) is 0 Å². The van der Waals surface area contributed by atoms with Crippen molar-refractivity contribution in [2.75, 3.05) is 11.4 Å². The molecule has 1 aromatic heterocycles. The Bertz CT molecular complexity index is 1360. The SMILES string of the molecule is CCN1/C(=C/C=C/c2sc3c4ccccc4ccc3[n+]2CC)Sc2cc(C)c(C)cc21. The number of allylic oxidation sites excluding steroid dienone is 2. The largest absolute Gasteiger partial charge is 0.335 e.